The number of hydrogen-bond acceptors (Lipinski definition) is 4. The van der Waals surface area contributed by atoms with E-state index in [-0.39, 0.29) is 0 Å². The monoisotopic (exact) mass is 773 g/mol. The molecule has 4 heteroatoms. The minimum Gasteiger partial charge on any atom is -0.449 e. The van der Waals surface area contributed by atoms with Crippen molar-refractivity contribution in [2.45, 2.75) is 21.5 Å². The Morgan fingerprint density at radius 1 is 0.424 bits per heavy atom. The number of anilines is 3. The molecule has 0 bridgehead atoms. The van der Waals surface area contributed by atoms with Crippen LogP contribution in [0.25, 0.3) is 33.4 Å². The summed E-state index contributed by atoms with van der Waals surface area (Å²) in [4.78, 5) is 3.71. The van der Waals surface area contributed by atoms with Crippen LogP contribution in [0.2, 0.25) is 0 Å². The standard InChI is InChI=1S/C55H35NO2S/c1-2-15-34(16-3-1)56(48-27-12-7-20-39(48)41-22-14-23-42-40-21-8-13-28-53(40)59-54(41)42)35-29-30-49-50(31-35)58-52-33-47-43(32-51(52)57-49)38-19-6-11-26-46(38)55(47)44-24-9-4-17-36(44)37-18-5-10-25-45(37)55/h1-33,40,53H. The molecule has 0 saturated heterocycles. The highest BCUT2D eigenvalue weighted by molar-refractivity contribution is 8.00. The number of rotatable bonds is 4. The molecule has 3 nitrogen and oxygen atoms in total. The molecule has 2 heterocycles. The third-order valence-electron chi connectivity index (χ3n) is 12.9. The van der Waals surface area contributed by atoms with Crippen molar-refractivity contribution in [2.24, 2.45) is 0 Å². The van der Waals surface area contributed by atoms with Gasteiger partial charge in [-0.25, -0.2) is 0 Å². The van der Waals surface area contributed by atoms with Crippen LogP contribution >= 0.6 is 11.8 Å². The molecule has 3 aliphatic carbocycles. The van der Waals surface area contributed by atoms with Crippen LogP contribution in [-0.4, -0.2) is 5.25 Å². The molecule has 8 aromatic rings. The molecule has 0 amide bonds. The minimum absolute atomic E-state index is 0.390. The Morgan fingerprint density at radius 3 is 1.78 bits per heavy atom. The maximum atomic E-state index is 7.00. The van der Waals surface area contributed by atoms with Crippen molar-refractivity contribution >= 4 is 28.8 Å². The summed E-state index contributed by atoms with van der Waals surface area (Å²) in [6.45, 7) is 0. The summed E-state index contributed by atoms with van der Waals surface area (Å²) in [5, 5.41) is 0.414. The van der Waals surface area contributed by atoms with Crippen molar-refractivity contribution in [1.29, 1.82) is 0 Å². The topological polar surface area (TPSA) is 21.7 Å². The fourth-order valence-corrected chi connectivity index (χ4v) is 11.9. The minimum atomic E-state index is -0.465. The van der Waals surface area contributed by atoms with E-state index in [0.29, 0.717) is 22.7 Å². The Bertz CT molecular complexity index is 3080. The van der Waals surface area contributed by atoms with Crippen LogP contribution in [0, 0.1) is 0 Å². The molecule has 2 aliphatic heterocycles. The second kappa shape index (κ2) is 12.5. The van der Waals surface area contributed by atoms with E-state index in [2.05, 4.69) is 205 Å². The van der Waals surface area contributed by atoms with Crippen molar-refractivity contribution < 1.29 is 9.47 Å². The van der Waals surface area contributed by atoms with E-state index in [1.807, 2.05) is 11.8 Å². The molecule has 5 aliphatic rings. The van der Waals surface area contributed by atoms with Crippen LogP contribution in [-0.2, 0) is 5.41 Å². The zero-order valence-corrected chi connectivity index (χ0v) is 32.7. The molecule has 1 spiro atoms. The molecular weight excluding hydrogens is 739 g/mol. The maximum Gasteiger partial charge on any atom is 0.172 e. The van der Waals surface area contributed by atoms with Crippen LogP contribution in [0.15, 0.2) is 205 Å². The Hall–Kier alpha value is -7.01. The second-order valence-corrected chi connectivity index (χ2v) is 17.0. The summed E-state index contributed by atoms with van der Waals surface area (Å²) in [5.74, 6) is 3.21. The lowest BCUT2D eigenvalue weighted by Crippen LogP contribution is -2.25. The molecule has 59 heavy (non-hydrogen) atoms. The highest BCUT2D eigenvalue weighted by Gasteiger charge is 2.52. The Balaban J connectivity index is 0.947. The van der Waals surface area contributed by atoms with Crippen LogP contribution < -0.4 is 14.4 Å². The summed E-state index contributed by atoms with van der Waals surface area (Å²) in [5.41, 5.74) is 16.6. The summed E-state index contributed by atoms with van der Waals surface area (Å²) in [7, 11) is 0. The summed E-state index contributed by atoms with van der Waals surface area (Å²) in [6, 6.07) is 63.6. The first-order valence-electron chi connectivity index (χ1n) is 20.3. The van der Waals surface area contributed by atoms with Gasteiger partial charge in [0.25, 0.3) is 0 Å². The Labute approximate surface area is 347 Å². The molecule has 0 saturated carbocycles. The molecule has 2 atom stereocenters. The quantitative estimate of drug-likeness (QED) is 0.178. The van der Waals surface area contributed by atoms with E-state index in [0.717, 1.165) is 28.6 Å². The van der Waals surface area contributed by atoms with Gasteiger partial charge in [0.05, 0.1) is 16.8 Å². The van der Waals surface area contributed by atoms with Crippen LogP contribution in [0.3, 0.4) is 0 Å². The molecule has 13 rings (SSSR count). The van der Waals surface area contributed by atoms with Gasteiger partial charge in [0.2, 0.25) is 0 Å². The number of para-hydroxylation sites is 2. The highest BCUT2D eigenvalue weighted by Crippen LogP contribution is 2.65. The largest absolute Gasteiger partial charge is 0.449 e. The van der Waals surface area contributed by atoms with Crippen molar-refractivity contribution in [3.63, 3.8) is 0 Å². The number of hydrogen-bond donors (Lipinski definition) is 0. The van der Waals surface area contributed by atoms with E-state index in [9.17, 15) is 0 Å². The van der Waals surface area contributed by atoms with Gasteiger partial charge in [-0.1, -0.05) is 152 Å². The predicted octanol–water partition coefficient (Wildman–Crippen LogP) is 14.7. The lowest BCUT2D eigenvalue weighted by molar-refractivity contribution is 0.359. The van der Waals surface area contributed by atoms with Gasteiger partial charge in [0.15, 0.2) is 23.0 Å². The number of ether oxygens (including phenoxy) is 2. The first-order valence-corrected chi connectivity index (χ1v) is 21.2. The molecule has 0 aromatic heterocycles. The number of nitrogens with zero attached hydrogens (tertiary/aromatic N) is 1. The fraction of sp³-hybridized carbons (Fsp3) is 0.0545. The van der Waals surface area contributed by atoms with Gasteiger partial charge in [0.1, 0.15) is 0 Å². The van der Waals surface area contributed by atoms with Crippen molar-refractivity contribution in [3.8, 4) is 56.4 Å². The van der Waals surface area contributed by atoms with Gasteiger partial charge >= 0.3 is 0 Å². The first kappa shape index (κ1) is 33.0. The summed E-state index contributed by atoms with van der Waals surface area (Å²) >= 11 is 1.98. The van der Waals surface area contributed by atoms with Crippen LogP contribution in [0.1, 0.15) is 33.7 Å². The molecule has 278 valence electrons. The first-order chi connectivity index (χ1) is 29.3. The molecule has 2 unspecified atom stereocenters. The van der Waals surface area contributed by atoms with E-state index >= 15 is 0 Å². The number of thioether (sulfide) groups is 1. The van der Waals surface area contributed by atoms with Gasteiger partial charge in [-0.3, -0.25) is 0 Å². The Kier molecular flexibility index (Phi) is 6.99. The molecule has 0 N–H and O–H groups in total. The second-order valence-electron chi connectivity index (χ2n) is 15.9. The molecule has 0 fully saturated rings. The normalized spacial score (nSPS) is 17.4. The van der Waals surface area contributed by atoms with Crippen molar-refractivity contribution in [2.75, 3.05) is 4.90 Å². The molecule has 8 aromatic carbocycles. The van der Waals surface area contributed by atoms with Crippen molar-refractivity contribution in [3.05, 3.63) is 228 Å². The number of allylic oxidation sites excluding steroid dienone is 3. The third-order valence-corrected chi connectivity index (χ3v) is 14.3. The third kappa shape index (κ3) is 4.61. The predicted molar refractivity (Wildman–Crippen MR) is 240 cm³/mol. The summed E-state index contributed by atoms with van der Waals surface area (Å²) in [6.07, 6.45) is 9.06. The lowest BCUT2D eigenvalue weighted by Gasteiger charge is -2.32. The van der Waals surface area contributed by atoms with Crippen LogP contribution in [0.5, 0.6) is 23.0 Å². The SMILES string of the molecule is C1=CC2Sc3c(-c4ccccc4N(c4ccccc4)c4ccc5c(c4)Oc4cc6c(cc4O5)-c4ccccc4C64c5ccccc5-c5ccccc54)cccc3C2C=C1. The zero-order chi connectivity index (χ0) is 38.7. The van der Waals surface area contributed by atoms with Crippen molar-refractivity contribution in [1.82, 2.24) is 0 Å². The molecule has 0 radical (unpaired) electrons. The number of benzene rings is 8. The van der Waals surface area contributed by atoms with E-state index < -0.39 is 5.41 Å². The number of fused-ring (bicyclic) bond motifs is 15. The Morgan fingerprint density at radius 2 is 1.02 bits per heavy atom. The van der Waals surface area contributed by atoms with Crippen LogP contribution in [0.4, 0.5) is 17.1 Å². The van der Waals surface area contributed by atoms with Gasteiger partial charge in [-0.2, -0.15) is 0 Å². The molecular formula is C55H35NO2S. The smallest absolute Gasteiger partial charge is 0.172 e. The maximum absolute atomic E-state index is 7.00. The van der Waals surface area contributed by atoms with E-state index in [1.165, 1.54) is 66.1 Å². The van der Waals surface area contributed by atoms with E-state index in [4.69, 9.17) is 9.47 Å². The average molecular weight is 774 g/mol. The lowest BCUT2D eigenvalue weighted by atomic mass is 9.70. The zero-order valence-electron chi connectivity index (χ0n) is 31.9. The van der Waals surface area contributed by atoms with Gasteiger partial charge in [0, 0.05) is 33.4 Å². The average Bonchev–Trinajstić information content (AvgIpc) is 3.92. The highest BCUT2D eigenvalue weighted by atomic mass is 32.2. The van der Waals surface area contributed by atoms with E-state index in [1.54, 1.807) is 0 Å². The van der Waals surface area contributed by atoms with Gasteiger partial charge in [-0.05, 0) is 98.1 Å². The van der Waals surface area contributed by atoms with Gasteiger partial charge < -0.3 is 14.4 Å². The fourth-order valence-electron chi connectivity index (χ4n) is 10.5. The summed E-state index contributed by atoms with van der Waals surface area (Å²) < 4.78 is 13.8. The van der Waals surface area contributed by atoms with Gasteiger partial charge in [-0.15, -0.1) is 11.8 Å².